The highest BCUT2D eigenvalue weighted by Gasteiger charge is 2.16. The van der Waals surface area contributed by atoms with E-state index in [9.17, 15) is 15.0 Å². The van der Waals surface area contributed by atoms with E-state index < -0.39 is 5.97 Å². The van der Waals surface area contributed by atoms with Crippen LogP contribution >= 0.6 is 31.9 Å². The number of carboxylic acids is 1. The zero-order chi connectivity index (χ0) is 10.9. The number of hydrogen-bond acceptors (Lipinski definition) is 3. The number of halogens is 2. The Kier molecular flexibility index (Phi) is 3.38. The maximum absolute atomic E-state index is 10.5. The van der Waals surface area contributed by atoms with Crippen molar-refractivity contribution >= 4 is 37.8 Å². The molecule has 0 atom stereocenters. The van der Waals surface area contributed by atoms with Crippen LogP contribution in [0.25, 0.3) is 0 Å². The number of aromatic hydroxyl groups is 2. The molecule has 1 aromatic rings. The lowest BCUT2D eigenvalue weighted by Crippen LogP contribution is -2.02. The number of hydrogen-bond donors (Lipinski definition) is 3. The molecule has 0 saturated carbocycles. The molecule has 0 aliphatic carbocycles. The van der Waals surface area contributed by atoms with Crippen LogP contribution in [-0.4, -0.2) is 21.3 Å². The van der Waals surface area contributed by atoms with Gasteiger partial charge in [0.05, 0.1) is 15.4 Å². The number of phenolic OH excluding ortho intramolecular Hbond substituents is 2. The number of benzene rings is 1. The monoisotopic (exact) mass is 324 g/mol. The van der Waals surface area contributed by atoms with Crippen LogP contribution in [0.4, 0.5) is 0 Å². The molecular weight excluding hydrogens is 320 g/mol. The standard InChI is InChI=1S/C8H6Br2O4/c9-7-3(1-6(13)14)8(10)5(12)2-4(7)11/h2,11-12H,1H2,(H,13,14). The van der Waals surface area contributed by atoms with Crippen LogP contribution in [0.3, 0.4) is 0 Å². The lowest BCUT2D eigenvalue weighted by atomic mass is 10.1. The van der Waals surface area contributed by atoms with Gasteiger partial charge in [-0.2, -0.15) is 0 Å². The van der Waals surface area contributed by atoms with Gasteiger partial charge in [0.15, 0.2) is 0 Å². The number of rotatable bonds is 2. The van der Waals surface area contributed by atoms with E-state index in [4.69, 9.17) is 5.11 Å². The summed E-state index contributed by atoms with van der Waals surface area (Å²) in [6, 6.07) is 1.12. The first-order chi connectivity index (χ1) is 6.43. The minimum Gasteiger partial charge on any atom is -0.507 e. The van der Waals surface area contributed by atoms with Crippen LogP contribution < -0.4 is 0 Å². The molecule has 1 rings (SSSR count). The molecule has 0 spiro atoms. The van der Waals surface area contributed by atoms with Crippen molar-refractivity contribution in [1.29, 1.82) is 0 Å². The van der Waals surface area contributed by atoms with Gasteiger partial charge in [0.2, 0.25) is 0 Å². The third-order valence-corrected chi connectivity index (χ3v) is 3.35. The maximum atomic E-state index is 10.5. The fourth-order valence-electron chi connectivity index (χ4n) is 0.968. The Morgan fingerprint density at radius 2 is 1.64 bits per heavy atom. The second kappa shape index (κ2) is 4.18. The number of phenols is 2. The summed E-state index contributed by atoms with van der Waals surface area (Å²) in [5.41, 5.74) is 0.301. The fraction of sp³-hybridized carbons (Fsp3) is 0.125. The first kappa shape index (κ1) is 11.3. The molecule has 0 aliphatic rings. The summed E-state index contributed by atoms with van der Waals surface area (Å²) in [5, 5.41) is 27.2. The van der Waals surface area contributed by atoms with Crippen molar-refractivity contribution in [3.63, 3.8) is 0 Å². The van der Waals surface area contributed by atoms with Crippen molar-refractivity contribution in [3.05, 3.63) is 20.6 Å². The Labute approximate surface area is 96.4 Å². The molecule has 0 bridgehead atoms. The van der Waals surface area contributed by atoms with Crippen molar-refractivity contribution in [2.75, 3.05) is 0 Å². The Morgan fingerprint density at radius 3 is 2.00 bits per heavy atom. The van der Waals surface area contributed by atoms with E-state index in [1.165, 1.54) is 0 Å². The van der Waals surface area contributed by atoms with Crippen molar-refractivity contribution < 1.29 is 20.1 Å². The Hall–Kier alpha value is -0.750. The van der Waals surface area contributed by atoms with Gasteiger partial charge in [0.1, 0.15) is 11.5 Å². The van der Waals surface area contributed by atoms with E-state index in [1.54, 1.807) is 0 Å². The first-order valence-electron chi connectivity index (χ1n) is 3.54. The van der Waals surface area contributed by atoms with E-state index >= 15 is 0 Å². The summed E-state index contributed by atoms with van der Waals surface area (Å²) in [4.78, 5) is 10.5. The number of aliphatic carboxylic acids is 1. The van der Waals surface area contributed by atoms with Crippen molar-refractivity contribution in [2.45, 2.75) is 6.42 Å². The minimum atomic E-state index is -1.04. The molecule has 0 aliphatic heterocycles. The number of carbonyl (C=O) groups is 1. The highest BCUT2D eigenvalue weighted by Crippen LogP contribution is 2.39. The summed E-state index contributed by atoms with van der Waals surface area (Å²) in [5.74, 6) is -1.43. The molecule has 0 unspecified atom stereocenters. The third-order valence-electron chi connectivity index (χ3n) is 1.58. The molecule has 0 aromatic heterocycles. The minimum absolute atomic E-state index is 0.193. The molecule has 76 valence electrons. The molecule has 4 nitrogen and oxygen atoms in total. The molecule has 1 aromatic carbocycles. The molecule has 0 heterocycles. The van der Waals surface area contributed by atoms with Crippen LogP contribution in [0.15, 0.2) is 15.0 Å². The quantitative estimate of drug-likeness (QED) is 0.779. The average Bonchev–Trinajstić information content (AvgIpc) is 2.09. The van der Waals surface area contributed by atoms with E-state index in [2.05, 4.69) is 31.9 Å². The van der Waals surface area contributed by atoms with Gasteiger partial charge in [-0.15, -0.1) is 0 Å². The van der Waals surface area contributed by atoms with Gasteiger partial charge >= 0.3 is 5.97 Å². The molecule has 6 heteroatoms. The van der Waals surface area contributed by atoms with Crippen molar-refractivity contribution in [2.24, 2.45) is 0 Å². The Balaban J connectivity index is 3.31. The molecular formula is C8H6Br2O4. The lowest BCUT2D eigenvalue weighted by molar-refractivity contribution is -0.136. The summed E-state index contributed by atoms with van der Waals surface area (Å²) in [6.07, 6.45) is -0.289. The van der Waals surface area contributed by atoms with Crippen LogP contribution in [0.5, 0.6) is 11.5 Å². The summed E-state index contributed by atoms with van der Waals surface area (Å²) < 4.78 is 0.536. The Bertz CT molecular complexity index is 363. The van der Waals surface area contributed by atoms with Gasteiger partial charge in [-0.3, -0.25) is 4.79 Å². The predicted octanol–water partition coefficient (Wildman–Crippen LogP) is 2.25. The zero-order valence-corrected chi connectivity index (χ0v) is 9.96. The largest absolute Gasteiger partial charge is 0.507 e. The molecule has 0 fully saturated rings. The highest BCUT2D eigenvalue weighted by atomic mass is 79.9. The highest BCUT2D eigenvalue weighted by molar-refractivity contribution is 9.11. The summed E-state index contributed by atoms with van der Waals surface area (Å²) in [7, 11) is 0. The third kappa shape index (κ3) is 2.19. The van der Waals surface area contributed by atoms with Crippen LogP contribution in [0.2, 0.25) is 0 Å². The van der Waals surface area contributed by atoms with Crippen LogP contribution in [0.1, 0.15) is 5.56 Å². The van der Waals surface area contributed by atoms with Gasteiger partial charge in [-0.1, -0.05) is 0 Å². The van der Waals surface area contributed by atoms with E-state index in [-0.39, 0.29) is 26.9 Å². The molecule has 0 saturated heterocycles. The summed E-state index contributed by atoms with van der Waals surface area (Å²) in [6.45, 7) is 0. The molecule has 14 heavy (non-hydrogen) atoms. The summed E-state index contributed by atoms with van der Waals surface area (Å²) >= 11 is 6.08. The van der Waals surface area contributed by atoms with E-state index in [0.29, 0.717) is 5.56 Å². The van der Waals surface area contributed by atoms with Gasteiger partial charge in [0.25, 0.3) is 0 Å². The van der Waals surface area contributed by atoms with E-state index in [0.717, 1.165) is 6.07 Å². The maximum Gasteiger partial charge on any atom is 0.307 e. The lowest BCUT2D eigenvalue weighted by Gasteiger charge is -2.08. The molecule has 3 N–H and O–H groups in total. The zero-order valence-electron chi connectivity index (χ0n) is 6.79. The fourth-order valence-corrected chi connectivity index (χ4v) is 2.14. The van der Waals surface area contributed by atoms with Gasteiger partial charge in [-0.25, -0.2) is 0 Å². The van der Waals surface area contributed by atoms with Crippen LogP contribution in [0, 0.1) is 0 Å². The predicted molar refractivity (Wildman–Crippen MR) is 56.5 cm³/mol. The van der Waals surface area contributed by atoms with Crippen molar-refractivity contribution in [3.8, 4) is 11.5 Å². The van der Waals surface area contributed by atoms with Crippen molar-refractivity contribution in [1.82, 2.24) is 0 Å². The van der Waals surface area contributed by atoms with Crippen LogP contribution in [-0.2, 0) is 11.2 Å². The van der Waals surface area contributed by atoms with E-state index in [1.807, 2.05) is 0 Å². The smallest absolute Gasteiger partial charge is 0.307 e. The number of carboxylic acid groups (broad SMARTS) is 1. The average molecular weight is 326 g/mol. The second-order valence-corrected chi connectivity index (χ2v) is 4.18. The molecule has 0 radical (unpaired) electrons. The Morgan fingerprint density at radius 1 is 1.21 bits per heavy atom. The second-order valence-electron chi connectivity index (χ2n) is 2.59. The molecule has 0 amide bonds. The first-order valence-corrected chi connectivity index (χ1v) is 5.12. The van der Waals surface area contributed by atoms with Gasteiger partial charge in [0, 0.05) is 6.07 Å². The topological polar surface area (TPSA) is 77.8 Å². The van der Waals surface area contributed by atoms with Gasteiger partial charge < -0.3 is 15.3 Å². The van der Waals surface area contributed by atoms with Gasteiger partial charge in [-0.05, 0) is 37.4 Å². The normalized spacial score (nSPS) is 10.1. The SMILES string of the molecule is O=C(O)Cc1c(Br)c(O)cc(O)c1Br.